The van der Waals surface area contributed by atoms with E-state index in [1.54, 1.807) is 0 Å². The van der Waals surface area contributed by atoms with Crippen molar-refractivity contribution >= 4 is 11.8 Å². The minimum atomic E-state index is -0.433. The van der Waals surface area contributed by atoms with E-state index >= 15 is 0 Å². The third kappa shape index (κ3) is 4.34. The molecular formula is C10H21NOS. The van der Waals surface area contributed by atoms with Crippen molar-refractivity contribution in [1.82, 2.24) is 4.90 Å². The van der Waals surface area contributed by atoms with Crippen LogP contribution in [0.25, 0.3) is 0 Å². The molecule has 0 spiro atoms. The first-order chi connectivity index (χ1) is 6.14. The largest absolute Gasteiger partial charge is 0.389 e. The summed E-state index contributed by atoms with van der Waals surface area (Å²) in [5.74, 6) is 1.23. The Hall–Kier alpha value is 0.270. The average molecular weight is 203 g/mol. The fourth-order valence-electron chi connectivity index (χ4n) is 1.95. The number of aliphatic hydroxyl groups is 1. The molecule has 1 fully saturated rings. The first-order valence-corrected chi connectivity index (χ1v) is 6.47. The van der Waals surface area contributed by atoms with Crippen molar-refractivity contribution in [1.29, 1.82) is 0 Å². The summed E-state index contributed by atoms with van der Waals surface area (Å²) in [6.07, 6.45) is 5.50. The summed E-state index contributed by atoms with van der Waals surface area (Å²) in [6, 6.07) is 0. The fraction of sp³-hybridized carbons (Fsp3) is 1.00. The monoisotopic (exact) mass is 203 g/mol. The molecule has 0 aliphatic carbocycles. The van der Waals surface area contributed by atoms with E-state index in [-0.39, 0.29) is 0 Å². The summed E-state index contributed by atoms with van der Waals surface area (Å²) in [5, 5.41) is 9.85. The molecule has 0 aromatic heterocycles. The van der Waals surface area contributed by atoms with Gasteiger partial charge in [0, 0.05) is 6.54 Å². The molecule has 0 aromatic carbocycles. The molecule has 1 atom stereocenters. The van der Waals surface area contributed by atoms with E-state index in [9.17, 15) is 5.11 Å². The molecule has 1 N–H and O–H groups in total. The number of nitrogens with zero attached hydrogens (tertiary/aromatic N) is 1. The molecule has 0 radical (unpaired) electrons. The summed E-state index contributed by atoms with van der Waals surface area (Å²) >= 11 is 1.90. The van der Waals surface area contributed by atoms with Crippen LogP contribution in [0.3, 0.4) is 0 Å². The normalized spacial score (nSPS) is 30.7. The van der Waals surface area contributed by atoms with Crippen LogP contribution < -0.4 is 0 Å². The van der Waals surface area contributed by atoms with Gasteiger partial charge in [0.05, 0.1) is 5.60 Å². The van der Waals surface area contributed by atoms with Crippen LogP contribution in [0, 0.1) is 0 Å². The first kappa shape index (κ1) is 11.3. The standard InChI is InChI=1S/C10H21NOS/c1-10(12)5-3-6-11(9-10)7-4-8-13-2/h12H,3-9H2,1-2H3. The van der Waals surface area contributed by atoms with Crippen LogP contribution >= 0.6 is 11.8 Å². The SMILES string of the molecule is CSCCCN1CCCC(C)(O)C1. The van der Waals surface area contributed by atoms with E-state index in [0.29, 0.717) is 0 Å². The van der Waals surface area contributed by atoms with Crippen molar-refractivity contribution < 1.29 is 5.11 Å². The summed E-state index contributed by atoms with van der Waals surface area (Å²) in [6.45, 7) is 5.14. The van der Waals surface area contributed by atoms with E-state index in [1.165, 1.54) is 18.7 Å². The third-order valence-corrected chi connectivity index (χ3v) is 3.27. The van der Waals surface area contributed by atoms with Gasteiger partial charge >= 0.3 is 0 Å². The minimum Gasteiger partial charge on any atom is -0.389 e. The molecule has 13 heavy (non-hydrogen) atoms. The molecule has 0 aromatic rings. The second kappa shape index (κ2) is 5.23. The van der Waals surface area contributed by atoms with Gasteiger partial charge in [-0.3, -0.25) is 0 Å². The Bertz CT molecular complexity index is 150. The van der Waals surface area contributed by atoms with Crippen molar-refractivity contribution in [3.63, 3.8) is 0 Å². The Morgan fingerprint density at radius 1 is 1.54 bits per heavy atom. The highest BCUT2D eigenvalue weighted by atomic mass is 32.2. The topological polar surface area (TPSA) is 23.5 Å². The highest BCUT2D eigenvalue weighted by molar-refractivity contribution is 7.98. The summed E-state index contributed by atoms with van der Waals surface area (Å²) in [4.78, 5) is 2.39. The average Bonchev–Trinajstić information content (AvgIpc) is 2.03. The maximum Gasteiger partial charge on any atom is 0.0746 e. The number of rotatable bonds is 4. The molecule has 1 aliphatic rings. The molecule has 1 aliphatic heterocycles. The molecule has 0 bridgehead atoms. The van der Waals surface area contributed by atoms with Gasteiger partial charge in [-0.05, 0) is 51.3 Å². The Labute approximate surface area is 85.7 Å². The Balaban J connectivity index is 2.19. The van der Waals surface area contributed by atoms with Crippen LogP contribution in [-0.4, -0.2) is 47.3 Å². The number of hydrogen-bond acceptors (Lipinski definition) is 3. The van der Waals surface area contributed by atoms with E-state index < -0.39 is 5.60 Å². The lowest BCUT2D eigenvalue weighted by atomic mass is 9.95. The van der Waals surface area contributed by atoms with Crippen LogP contribution in [0.2, 0.25) is 0 Å². The quantitative estimate of drug-likeness (QED) is 0.702. The number of thioether (sulfide) groups is 1. The second-order valence-electron chi connectivity index (χ2n) is 4.22. The Morgan fingerprint density at radius 2 is 2.31 bits per heavy atom. The molecule has 1 heterocycles. The van der Waals surface area contributed by atoms with Gasteiger partial charge in [0.15, 0.2) is 0 Å². The Kier molecular flexibility index (Phi) is 4.56. The molecule has 78 valence electrons. The maximum absolute atomic E-state index is 9.85. The van der Waals surface area contributed by atoms with E-state index in [2.05, 4.69) is 11.2 Å². The van der Waals surface area contributed by atoms with Gasteiger partial charge in [-0.2, -0.15) is 11.8 Å². The molecule has 2 nitrogen and oxygen atoms in total. The lowest BCUT2D eigenvalue weighted by molar-refractivity contribution is -0.0152. The highest BCUT2D eigenvalue weighted by Gasteiger charge is 2.27. The third-order valence-electron chi connectivity index (χ3n) is 2.58. The summed E-state index contributed by atoms with van der Waals surface area (Å²) in [5.41, 5.74) is -0.433. The summed E-state index contributed by atoms with van der Waals surface area (Å²) < 4.78 is 0. The number of β-amino-alcohol motifs (C(OH)–C–C–N with tert-alkyl or cyclic N) is 1. The molecule has 1 saturated heterocycles. The van der Waals surface area contributed by atoms with Crippen LogP contribution in [0.4, 0.5) is 0 Å². The fourth-order valence-corrected chi connectivity index (χ4v) is 2.36. The molecule has 0 amide bonds. The second-order valence-corrected chi connectivity index (χ2v) is 5.21. The molecule has 1 unspecified atom stereocenters. The van der Waals surface area contributed by atoms with Gasteiger partial charge in [-0.15, -0.1) is 0 Å². The molecule has 3 heteroatoms. The van der Waals surface area contributed by atoms with Gasteiger partial charge in [0.2, 0.25) is 0 Å². The number of hydrogen-bond donors (Lipinski definition) is 1. The summed E-state index contributed by atoms with van der Waals surface area (Å²) in [7, 11) is 0. The van der Waals surface area contributed by atoms with Crippen molar-refractivity contribution in [2.45, 2.75) is 31.8 Å². The van der Waals surface area contributed by atoms with Crippen molar-refractivity contribution in [3.8, 4) is 0 Å². The van der Waals surface area contributed by atoms with Crippen LogP contribution in [0.5, 0.6) is 0 Å². The predicted octanol–water partition coefficient (Wildman–Crippen LogP) is 1.59. The molecule has 1 rings (SSSR count). The van der Waals surface area contributed by atoms with Gasteiger partial charge in [0.25, 0.3) is 0 Å². The van der Waals surface area contributed by atoms with Gasteiger partial charge in [-0.25, -0.2) is 0 Å². The van der Waals surface area contributed by atoms with Gasteiger partial charge < -0.3 is 10.0 Å². The van der Waals surface area contributed by atoms with Crippen LogP contribution in [0.1, 0.15) is 26.2 Å². The molecular weight excluding hydrogens is 182 g/mol. The van der Waals surface area contributed by atoms with Gasteiger partial charge in [-0.1, -0.05) is 0 Å². The smallest absolute Gasteiger partial charge is 0.0746 e. The number of piperidine rings is 1. The van der Waals surface area contributed by atoms with E-state index in [0.717, 1.165) is 25.9 Å². The zero-order valence-corrected chi connectivity index (χ0v) is 9.57. The number of likely N-dealkylation sites (tertiary alicyclic amines) is 1. The molecule has 0 saturated carbocycles. The maximum atomic E-state index is 9.85. The predicted molar refractivity (Wildman–Crippen MR) is 59.3 cm³/mol. The van der Waals surface area contributed by atoms with Crippen LogP contribution in [-0.2, 0) is 0 Å². The lowest BCUT2D eigenvalue weighted by Gasteiger charge is -2.36. The van der Waals surface area contributed by atoms with Crippen molar-refractivity contribution in [3.05, 3.63) is 0 Å². The minimum absolute atomic E-state index is 0.433. The van der Waals surface area contributed by atoms with Crippen LogP contribution in [0.15, 0.2) is 0 Å². The van der Waals surface area contributed by atoms with Gasteiger partial charge in [0.1, 0.15) is 0 Å². The van der Waals surface area contributed by atoms with Crippen molar-refractivity contribution in [2.75, 3.05) is 31.6 Å². The highest BCUT2D eigenvalue weighted by Crippen LogP contribution is 2.20. The van der Waals surface area contributed by atoms with E-state index in [4.69, 9.17) is 0 Å². The lowest BCUT2D eigenvalue weighted by Crippen LogP contribution is -2.46. The zero-order chi connectivity index (χ0) is 9.73. The zero-order valence-electron chi connectivity index (χ0n) is 8.75. The van der Waals surface area contributed by atoms with Crippen molar-refractivity contribution in [2.24, 2.45) is 0 Å². The van der Waals surface area contributed by atoms with E-state index in [1.807, 2.05) is 18.7 Å². The first-order valence-electron chi connectivity index (χ1n) is 5.08. The Morgan fingerprint density at radius 3 is 2.92 bits per heavy atom.